The quantitative estimate of drug-likeness (QED) is 0.815. The minimum absolute atomic E-state index is 0.528. The van der Waals surface area contributed by atoms with Crippen molar-refractivity contribution in [3.05, 3.63) is 35.4 Å². The van der Waals surface area contributed by atoms with Crippen LogP contribution in [0.15, 0.2) is 24.3 Å². The number of hydrogen-bond donors (Lipinski definition) is 1. The molecule has 0 aromatic heterocycles. The van der Waals surface area contributed by atoms with Crippen LogP contribution in [0.3, 0.4) is 0 Å². The minimum Gasteiger partial charge on any atom is -0.317 e. The lowest BCUT2D eigenvalue weighted by Crippen LogP contribution is -2.37. The molecule has 1 aromatic rings. The van der Waals surface area contributed by atoms with E-state index < -0.39 is 0 Å². The van der Waals surface area contributed by atoms with Gasteiger partial charge in [0.25, 0.3) is 0 Å². The summed E-state index contributed by atoms with van der Waals surface area (Å²) in [6.07, 6.45) is 5.09. The number of hydrogen-bond acceptors (Lipinski definition) is 2. The van der Waals surface area contributed by atoms with E-state index in [-0.39, 0.29) is 0 Å². The fourth-order valence-corrected chi connectivity index (χ4v) is 3.42. The third-order valence-electron chi connectivity index (χ3n) is 4.91. The highest BCUT2D eigenvalue weighted by atomic mass is 15.1. The van der Waals surface area contributed by atoms with Crippen molar-refractivity contribution < 1.29 is 0 Å². The van der Waals surface area contributed by atoms with E-state index in [2.05, 4.69) is 55.3 Å². The molecule has 1 aromatic carbocycles. The van der Waals surface area contributed by atoms with Gasteiger partial charge in [-0.3, -0.25) is 4.90 Å². The molecule has 2 rings (SSSR count). The summed E-state index contributed by atoms with van der Waals surface area (Å²) < 4.78 is 0. The first-order valence-corrected chi connectivity index (χ1v) is 8.78. The molecule has 1 aliphatic heterocycles. The molecule has 0 amide bonds. The van der Waals surface area contributed by atoms with Crippen LogP contribution >= 0.6 is 0 Å². The Morgan fingerprint density at radius 3 is 2.38 bits per heavy atom. The number of aryl methyl sites for hydroxylation is 1. The fraction of sp³-hybridized carbons (Fsp3) is 0.684. The number of benzene rings is 1. The SMILES string of the molecule is CCCc1ccc(C(C)N(CC)CC2CCNCC2)cc1. The Morgan fingerprint density at radius 2 is 1.81 bits per heavy atom. The highest BCUT2D eigenvalue weighted by molar-refractivity contribution is 5.25. The zero-order valence-corrected chi connectivity index (χ0v) is 14.1. The number of nitrogens with zero attached hydrogens (tertiary/aromatic N) is 1. The van der Waals surface area contributed by atoms with Gasteiger partial charge in [0.2, 0.25) is 0 Å². The van der Waals surface area contributed by atoms with Crippen molar-refractivity contribution in [2.45, 2.75) is 52.5 Å². The van der Waals surface area contributed by atoms with E-state index in [0.717, 1.165) is 12.5 Å². The van der Waals surface area contributed by atoms with E-state index in [4.69, 9.17) is 0 Å². The van der Waals surface area contributed by atoms with E-state index in [0.29, 0.717) is 6.04 Å². The van der Waals surface area contributed by atoms with Crippen molar-refractivity contribution in [3.8, 4) is 0 Å². The lowest BCUT2D eigenvalue weighted by atomic mass is 9.95. The molecule has 1 fully saturated rings. The van der Waals surface area contributed by atoms with Crippen molar-refractivity contribution in [2.24, 2.45) is 5.92 Å². The van der Waals surface area contributed by atoms with Crippen LogP contribution in [0.2, 0.25) is 0 Å². The zero-order valence-electron chi connectivity index (χ0n) is 14.1. The van der Waals surface area contributed by atoms with Crippen molar-refractivity contribution in [1.82, 2.24) is 10.2 Å². The average Bonchev–Trinajstić information content (AvgIpc) is 2.54. The molecule has 1 unspecified atom stereocenters. The Balaban J connectivity index is 1.95. The third-order valence-corrected chi connectivity index (χ3v) is 4.91. The van der Waals surface area contributed by atoms with E-state index in [1.165, 1.54) is 56.4 Å². The predicted molar refractivity (Wildman–Crippen MR) is 91.7 cm³/mol. The van der Waals surface area contributed by atoms with Gasteiger partial charge >= 0.3 is 0 Å². The maximum absolute atomic E-state index is 3.47. The highest BCUT2D eigenvalue weighted by Crippen LogP contribution is 2.24. The number of nitrogens with one attached hydrogen (secondary N) is 1. The second-order valence-corrected chi connectivity index (χ2v) is 6.45. The topological polar surface area (TPSA) is 15.3 Å². The van der Waals surface area contributed by atoms with Crippen molar-refractivity contribution >= 4 is 0 Å². The number of rotatable bonds is 7. The Hall–Kier alpha value is -0.860. The lowest BCUT2D eigenvalue weighted by Gasteiger charge is -2.33. The lowest BCUT2D eigenvalue weighted by molar-refractivity contribution is 0.169. The van der Waals surface area contributed by atoms with E-state index in [1.807, 2.05) is 0 Å². The molecule has 1 heterocycles. The molecular weight excluding hydrogens is 256 g/mol. The van der Waals surface area contributed by atoms with Crippen LogP contribution in [-0.2, 0) is 6.42 Å². The van der Waals surface area contributed by atoms with Gasteiger partial charge in [-0.2, -0.15) is 0 Å². The summed E-state index contributed by atoms with van der Waals surface area (Å²) >= 11 is 0. The Morgan fingerprint density at radius 1 is 1.14 bits per heavy atom. The summed E-state index contributed by atoms with van der Waals surface area (Å²) in [4.78, 5) is 2.64. The number of piperidine rings is 1. The molecule has 1 N–H and O–H groups in total. The maximum atomic E-state index is 3.47. The highest BCUT2D eigenvalue weighted by Gasteiger charge is 2.20. The summed E-state index contributed by atoms with van der Waals surface area (Å²) in [6, 6.07) is 9.82. The summed E-state index contributed by atoms with van der Waals surface area (Å²) in [5.41, 5.74) is 2.93. The van der Waals surface area contributed by atoms with Crippen LogP contribution in [-0.4, -0.2) is 31.1 Å². The smallest absolute Gasteiger partial charge is 0.0319 e. The molecule has 21 heavy (non-hydrogen) atoms. The monoisotopic (exact) mass is 288 g/mol. The van der Waals surface area contributed by atoms with Gasteiger partial charge in [-0.05, 0) is 62.9 Å². The van der Waals surface area contributed by atoms with Gasteiger partial charge in [-0.15, -0.1) is 0 Å². The van der Waals surface area contributed by atoms with E-state index in [1.54, 1.807) is 0 Å². The van der Waals surface area contributed by atoms with Crippen LogP contribution in [0.4, 0.5) is 0 Å². The first-order valence-electron chi connectivity index (χ1n) is 8.78. The molecule has 0 bridgehead atoms. The largest absolute Gasteiger partial charge is 0.317 e. The molecule has 0 radical (unpaired) electrons. The Labute approximate surface area is 130 Å². The first-order chi connectivity index (χ1) is 10.2. The third kappa shape index (κ3) is 4.82. The van der Waals surface area contributed by atoms with Crippen LogP contribution in [0.5, 0.6) is 0 Å². The summed E-state index contributed by atoms with van der Waals surface area (Å²) in [6.45, 7) is 11.7. The van der Waals surface area contributed by atoms with Crippen molar-refractivity contribution in [3.63, 3.8) is 0 Å². The molecular formula is C19H32N2. The minimum atomic E-state index is 0.528. The normalized spacial score (nSPS) is 18.1. The first kappa shape index (κ1) is 16.5. The Kier molecular flexibility index (Phi) is 6.72. The van der Waals surface area contributed by atoms with Crippen LogP contribution in [0.1, 0.15) is 57.2 Å². The standard InChI is InChI=1S/C19H32N2/c1-4-6-17-7-9-19(10-8-17)16(3)21(5-2)15-18-11-13-20-14-12-18/h7-10,16,18,20H,4-6,11-15H2,1-3H3. The van der Waals surface area contributed by atoms with Gasteiger partial charge in [0, 0.05) is 12.6 Å². The summed E-state index contributed by atoms with van der Waals surface area (Å²) in [7, 11) is 0. The predicted octanol–water partition coefficient (Wildman–Crippen LogP) is 4.02. The van der Waals surface area contributed by atoms with Gasteiger partial charge in [-0.1, -0.05) is 44.5 Å². The molecule has 2 heteroatoms. The van der Waals surface area contributed by atoms with Crippen LogP contribution < -0.4 is 5.32 Å². The Bertz CT molecular complexity index is 393. The van der Waals surface area contributed by atoms with Gasteiger partial charge < -0.3 is 5.32 Å². The zero-order chi connectivity index (χ0) is 15.1. The van der Waals surface area contributed by atoms with Gasteiger partial charge in [-0.25, -0.2) is 0 Å². The molecule has 0 spiro atoms. The molecule has 0 saturated carbocycles. The van der Waals surface area contributed by atoms with Crippen molar-refractivity contribution in [1.29, 1.82) is 0 Å². The average molecular weight is 288 g/mol. The van der Waals surface area contributed by atoms with E-state index in [9.17, 15) is 0 Å². The van der Waals surface area contributed by atoms with Crippen LogP contribution in [0, 0.1) is 5.92 Å². The second kappa shape index (κ2) is 8.55. The maximum Gasteiger partial charge on any atom is 0.0319 e. The molecule has 1 atom stereocenters. The summed E-state index contributed by atoms with van der Waals surface area (Å²) in [5, 5.41) is 3.47. The second-order valence-electron chi connectivity index (χ2n) is 6.45. The molecule has 2 nitrogen and oxygen atoms in total. The molecule has 118 valence electrons. The fourth-order valence-electron chi connectivity index (χ4n) is 3.42. The molecule has 1 aliphatic rings. The van der Waals surface area contributed by atoms with Gasteiger partial charge in [0.05, 0.1) is 0 Å². The molecule has 1 saturated heterocycles. The van der Waals surface area contributed by atoms with Gasteiger partial charge in [0.15, 0.2) is 0 Å². The summed E-state index contributed by atoms with van der Waals surface area (Å²) in [5.74, 6) is 0.869. The molecule has 0 aliphatic carbocycles. The van der Waals surface area contributed by atoms with Gasteiger partial charge in [0.1, 0.15) is 0 Å². The van der Waals surface area contributed by atoms with Crippen LogP contribution in [0.25, 0.3) is 0 Å². The van der Waals surface area contributed by atoms with E-state index >= 15 is 0 Å². The van der Waals surface area contributed by atoms with Crippen molar-refractivity contribution in [2.75, 3.05) is 26.2 Å².